The molecule has 0 aliphatic rings. The first-order chi connectivity index (χ1) is 8.22. The molecule has 2 rings (SSSR count). The van der Waals surface area contributed by atoms with Gasteiger partial charge in [-0.25, -0.2) is 15.0 Å². The number of halogens is 2. The highest BCUT2D eigenvalue weighted by Crippen LogP contribution is 2.35. The molecule has 0 radical (unpaired) electrons. The van der Waals surface area contributed by atoms with Gasteiger partial charge in [-0.15, -0.1) is 0 Å². The van der Waals surface area contributed by atoms with Crippen molar-refractivity contribution in [3.63, 3.8) is 0 Å². The molecule has 0 fully saturated rings. The van der Waals surface area contributed by atoms with Crippen molar-refractivity contribution in [3.05, 3.63) is 34.8 Å². The quantitative estimate of drug-likeness (QED) is 0.929. The lowest BCUT2D eigenvalue weighted by Gasteiger charge is -2.11. The van der Waals surface area contributed by atoms with Crippen molar-refractivity contribution in [2.75, 3.05) is 11.9 Å². The molecule has 17 heavy (non-hydrogen) atoms. The van der Waals surface area contributed by atoms with E-state index in [0.717, 1.165) is 17.8 Å². The molecule has 0 atom stereocenters. The van der Waals surface area contributed by atoms with Crippen LogP contribution in [0.4, 0.5) is 5.69 Å². The molecule has 0 spiro atoms. The third-order valence-electron chi connectivity index (χ3n) is 2.14. The minimum Gasteiger partial charge on any atom is -0.385 e. The molecule has 2 aromatic rings. The van der Waals surface area contributed by atoms with Gasteiger partial charge in [0.05, 0.1) is 10.6 Å². The van der Waals surface area contributed by atoms with E-state index in [2.05, 4.69) is 20.3 Å². The SMILES string of the molecule is CCNc1cc(Cl)cc(Cl)c1-c1ncncn1. The molecule has 1 aromatic heterocycles. The second-order valence-electron chi connectivity index (χ2n) is 3.30. The van der Waals surface area contributed by atoms with Crippen molar-refractivity contribution in [2.45, 2.75) is 6.92 Å². The first kappa shape index (κ1) is 12.1. The average Bonchev–Trinajstić information content (AvgIpc) is 2.30. The second kappa shape index (κ2) is 5.29. The molecule has 1 N–H and O–H groups in total. The number of anilines is 1. The van der Waals surface area contributed by atoms with Gasteiger partial charge in [0.2, 0.25) is 0 Å². The number of hydrogen-bond donors (Lipinski definition) is 1. The van der Waals surface area contributed by atoms with E-state index < -0.39 is 0 Å². The van der Waals surface area contributed by atoms with Gasteiger partial charge in [-0.3, -0.25) is 0 Å². The Labute approximate surface area is 109 Å². The van der Waals surface area contributed by atoms with Gasteiger partial charge in [0.1, 0.15) is 12.7 Å². The molecule has 0 aliphatic carbocycles. The predicted octanol–water partition coefficient (Wildman–Crippen LogP) is 3.28. The fraction of sp³-hybridized carbons (Fsp3) is 0.182. The van der Waals surface area contributed by atoms with Crippen molar-refractivity contribution in [1.82, 2.24) is 15.0 Å². The predicted molar refractivity (Wildman–Crippen MR) is 69.4 cm³/mol. The molecule has 1 heterocycles. The standard InChI is InChI=1S/C11H10Cl2N4/c1-2-15-9-4-7(12)3-8(13)10(9)11-16-5-14-6-17-11/h3-6,15H,2H2,1H3. The molecule has 0 saturated heterocycles. The number of aromatic nitrogens is 3. The van der Waals surface area contributed by atoms with Crippen LogP contribution in [0.25, 0.3) is 11.4 Å². The van der Waals surface area contributed by atoms with E-state index in [0.29, 0.717) is 15.9 Å². The van der Waals surface area contributed by atoms with Crippen LogP contribution in [0, 0.1) is 0 Å². The van der Waals surface area contributed by atoms with Crippen molar-refractivity contribution in [2.24, 2.45) is 0 Å². The molecular weight excluding hydrogens is 259 g/mol. The lowest BCUT2D eigenvalue weighted by atomic mass is 10.1. The van der Waals surface area contributed by atoms with Crippen molar-refractivity contribution in [3.8, 4) is 11.4 Å². The Bertz CT molecular complexity index is 516. The smallest absolute Gasteiger partial charge is 0.166 e. The second-order valence-corrected chi connectivity index (χ2v) is 4.15. The largest absolute Gasteiger partial charge is 0.385 e. The summed E-state index contributed by atoms with van der Waals surface area (Å²) in [4.78, 5) is 12.0. The molecule has 0 aliphatic heterocycles. The number of hydrogen-bond acceptors (Lipinski definition) is 4. The fourth-order valence-corrected chi connectivity index (χ4v) is 2.08. The minimum absolute atomic E-state index is 0.514. The molecule has 0 saturated carbocycles. The lowest BCUT2D eigenvalue weighted by molar-refractivity contribution is 1.05. The van der Waals surface area contributed by atoms with Gasteiger partial charge in [0.25, 0.3) is 0 Å². The van der Waals surface area contributed by atoms with Gasteiger partial charge in [0.15, 0.2) is 5.82 Å². The summed E-state index contributed by atoms with van der Waals surface area (Å²) in [6.45, 7) is 2.75. The molecule has 88 valence electrons. The van der Waals surface area contributed by atoms with Gasteiger partial charge in [-0.2, -0.15) is 0 Å². The minimum atomic E-state index is 0.514. The molecule has 0 bridgehead atoms. The Morgan fingerprint density at radius 3 is 2.53 bits per heavy atom. The van der Waals surface area contributed by atoms with Gasteiger partial charge in [-0.1, -0.05) is 23.2 Å². The Balaban J connectivity index is 2.59. The summed E-state index contributed by atoms with van der Waals surface area (Å²) in [5.74, 6) is 0.526. The summed E-state index contributed by atoms with van der Waals surface area (Å²) in [6, 6.07) is 3.47. The topological polar surface area (TPSA) is 50.7 Å². The first-order valence-electron chi connectivity index (χ1n) is 5.07. The van der Waals surface area contributed by atoms with Crippen LogP contribution in [0.2, 0.25) is 10.0 Å². The molecule has 6 heteroatoms. The van der Waals surface area contributed by atoms with E-state index in [4.69, 9.17) is 23.2 Å². The van der Waals surface area contributed by atoms with Crippen molar-refractivity contribution in [1.29, 1.82) is 0 Å². The Hall–Kier alpha value is -1.39. The Kier molecular flexibility index (Phi) is 3.76. The summed E-state index contributed by atoms with van der Waals surface area (Å²) < 4.78 is 0. The van der Waals surface area contributed by atoms with Crippen molar-refractivity contribution >= 4 is 28.9 Å². The third-order valence-corrected chi connectivity index (χ3v) is 2.66. The maximum atomic E-state index is 6.18. The maximum Gasteiger partial charge on any atom is 0.166 e. The van der Waals surface area contributed by atoms with Crippen LogP contribution in [-0.4, -0.2) is 21.5 Å². The zero-order chi connectivity index (χ0) is 12.3. The van der Waals surface area contributed by atoms with Gasteiger partial charge < -0.3 is 5.32 Å². The molecule has 4 nitrogen and oxygen atoms in total. The zero-order valence-electron chi connectivity index (χ0n) is 9.11. The van der Waals surface area contributed by atoms with E-state index in [-0.39, 0.29) is 0 Å². The van der Waals surface area contributed by atoms with Gasteiger partial charge >= 0.3 is 0 Å². The van der Waals surface area contributed by atoms with Crippen LogP contribution >= 0.6 is 23.2 Å². The van der Waals surface area contributed by atoms with Gasteiger partial charge in [0, 0.05) is 17.3 Å². The van der Waals surface area contributed by atoms with Crippen LogP contribution in [0.1, 0.15) is 6.92 Å². The zero-order valence-corrected chi connectivity index (χ0v) is 10.6. The van der Waals surface area contributed by atoms with E-state index in [1.165, 1.54) is 12.7 Å². The van der Waals surface area contributed by atoms with E-state index in [1.807, 2.05) is 6.92 Å². The average molecular weight is 269 g/mol. The monoisotopic (exact) mass is 268 g/mol. The number of benzene rings is 1. The highest BCUT2D eigenvalue weighted by atomic mass is 35.5. The summed E-state index contributed by atoms with van der Waals surface area (Å²) in [7, 11) is 0. The van der Waals surface area contributed by atoms with E-state index in [1.54, 1.807) is 12.1 Å². The third kappa shape index (κ3) is 2.65. The number of nitrogens with one attached hydrogen (secondary N) is 1. The maximum absolute atomic E-state index is 6.18. The van der Waals surface area contributed by atoms with Crippen LogP contribution in [-0.2, 0) is 0 Å². The Morgan fingerprint density at radius 2 is 1.88 bits per heavy atom. The normalized spacial score (nSPS) is 10.3. The fourth-order valence-electron chi connectivity index (χ4n) is 1.50. The lowest BCUT2D eigenvalue weighted by Crippen LogP contribution is -2.01. The van der Waals surface area contributed by atoms with Crippen LogP contribution in [0.5, 0.6) is 0 Å². The summed E-state index contributed by atoms with van der Waals surface area (Å²) >= 11 is 12.1. The summed E-state index contributed by atoms with van der Waals surface area (Å²) in [5.41, 5.74) is 1.55. The van der Waals surface area contributed by atoms with Crippen LogP contribution in [0.15, 0.2) is 24.8 Å². The highest BCUT2D eigenvalue weighted by molar-refractivity contribution is 6.37. The molecule has 0 amide bonds. The first-order valence-corrected chi connectivity index (χ1v) is 5.83. The van der Waals surface area contributed by atoms with Crippen LogP contribution in [0.3, 0.4) is 0 Å². The van der Waals surface area contributed by atoms with Gasteiger partial charge in [-0.05, 0) is 19.1 Å². The number of nitrogens with zero attached hydrogens (tertiary/aromatic N) is 3. The Morgan fingerprint density at radius 1 is 1.18 bits per heavy atom. The van der Waals surface area contributed by atoms with E-state index >= 15 is 0 Å². The van der Waals surface area contributed by atoms with E-state index in [9.17, 15) is 0 Å². The van der Waals surface area contributed by atoms with Crippen LogP contribution < -0.4 is 5.32 Å². The summed E-state index contributed by atoms with van der Waals surface area (Å²) in [5, 5.41) is 4.27. The number of rotatable bonds is 3. The van der Waals surface area contributed by atoms with Crippen molar-refractivity contribution < 1.29 is 0 Å². The summed E-state index contributed by atoms with van der Waals surface area (Å²) in [6.07, 6.45) is 2.87. The molecular formula is C11H10Cl2N4. The highest BCUT2D eigenvalue weighted by Gasteiger charge is 2.13. The molecule has 0 unspecified atom stereocenters. The molecule has 1 aromatic carbocycles.